The van der Waals surface area contributed by atoms with Gasteiger partial charge in [0.05, 0.1) is 13.2 Å². The van der Waals surface area contributed by atoms with Crippen LogP contribution in [0.2, 0.25) is 0 Å². The molecule has 0 radical (unpaired) electrons. The number of hydrogen-bond acceptors (Lipinski definition) is 5. The fourth-order valence-corrected chi connectivity index (χ4v) is 0.564. The van der Waals surface area contributed by atoms with E-state index in [1.165, 1.54) is 6.08 Å². The summed E-state index contributed by atoms with van der Waals surface area (Å²) in [7, 11) is 0. The van der Waals surface area contributed by atoms with E-state index in [9.17, 15) is 9.59 Å². The lowest BCUT2D eigenvalue weighted by atomic mass is 10.4. The normalized spacial score (nSPS) is 14.5. The summed E-state index contributed by atoms with van der Waals surface area (Å²) in [5, 5.41) is 8.55. The molecule has 0 saturated carbocycles. The van der Waals surface area contributed by atoms with Crippen LogP contribution < -0.4 is 0 Å². The van der Waals surface area contributed by atoms with Crippen molar-refractivity contribution in [1.29, 1.82) is 0 Å². The van der Waals surface area contributed by atoms with Gasteiger partial charge in [0.1, 0.15) is 6.10 Å². The van der Waals surface area contributed by atoms with Crippen LogP contribution in [0, 0.1) is 0 Å². The summed E-state index contributed by atoms with van der Waals surface area (Å²) in [5.74, 6) is 0. The zero-order chi connectivity index (χ0) is 10.1. The lowest BCUT2D eigenvalue weighted by molar-refractivity contribution is -0.174. The predicted molar refractivity (Wildman–Crippen MR) is 44.0 cm³/mol. The second kappa shape index (κ2) is 7.60. The van der Waals surface area contributed by atoms with Gasteiger partial charge in [-0.25, -0.2) is 0 Å². The van der Waals surface area contributed by atoms with E-state index < -0.39 is 19.0 Å². The third-order valence-corrected chi connectivity index (χ3v) is 1.13. The predicted octanol–water partition coefficient (Wildman–Crippen LogP) is -0.710. The molecule has 13 heavy (non-hydrogen) atoms. The third-order valence-electron chi connectivity index (χ3n) is 1.13. The van der Waals surface area contributed by atoms with Gasteiger partial charge in [-0.1, -0.05) is 6.08 Å². The lowest BCUT2D eigenvalue weighted by Gasteiger charge is -2.14. The molecule has 0 aromatic rings. The average molecular weight is 188 g/mol. The maximum absolute atomic E-state index is 10.3. The minimum Gasteiger partial charge on any atom is -0.393 e. The summed E-state index contributed by atoms with van der Waals surface area (Å²) in [6.07, 6.45) is 0.0679. The van der Waals surface area contributed by atoms with Gasteiger partial charge >= 0.3 is 0 Å². The van der Waals surface area contributed by atoms with Crippen LogP contribution in [-0.2, 0) is 19.1 Å². The van der Waals surface area contributed by atoms with E-state index in [2.05, 4.69) is 6.58 Å². The van der Waals surface area contributed by atoms with Crippen LogP contribution >= 0.6 is 0 Å². The third kappa shape index (κ3) is 5.24. The van der Waals surface area contributed by atoms with Gasteiger partial charge in [0.15, 0.2) is 12.6 Å². The van der Waals surface area contributed by atoms with Crippen molar-refractivity contribution in [3.63, 3.8) is 0 Å². The zero-order valence-corrected chi connectivity index (χ0v) is 7.09. The molecule has 5 nitrogen and oxygen atoms in total. The van der Waals surface area contributed by atoms with Gasteiger partial charge in [-0.2, -0.15) is 0 Å². The number of ether oxygens (including phenoxy) is 2. The van der Waals surface area contributed by atoms with Crippen molar-refractivity contribution >= 4 is 12.6 Å². The Morgan fingerprint density at radius 3 is 2.46 bits per heavy atom. The summed E-state index contributed by atoms with van der Waals surface area (Å²) in [5.41, 5.74) is 0. The largest absolute Gasteiger partial charge is 0.393 e. The van der Waals surface area contributed by atoms with Crippen molar-refractivity contribution in [2.75, 3.05) is 13.2 Å². The molecule has 0 aromatic carbocycles. The Morgan fingerprint density at radius 2 is 2.08 bits per heavy atom. The quantitative estimate of drug-likeness (QED) is 0.309. The Hall–Kier alpha value is -1.04. The smallest absolute Gasteiger partial charge is 0.215 e. The number of aliphatic hydroxyl groups is 1. The van der Waals surface area contributed by atoms with Crippen LogP contribution in [0.5, 0.6) is 0 Å². The van der Waals surface area contributed by atoms with Crippen LogP contribution in [0.4, 0.5) is 0 Å². The average Bonchev–Trinajstić information content (AvgIpc) is 2.19. The van der Waals surface area contributed by atoms with Crippen molar-refractivity contribution in [3.05, 3.63) is 12.7 Å². The fourth-order valence-electron chi connectivity index (χ4n) is 0.564. The second-order valence-corrected chi connectivity index (χ2v) is 2.12. The molecule has 2 atom stereocenters. The first-order chi connectivity index (χ1) is 6.28. The van der Waals surface area contributed by atoms with Crippen molar-refractivity contribution in [3.8, 4) is 0 Å². The summed E-state index contributed by atoms with van der Waals surface area (Å²) in [6, 6.07) is 0. The number of carbonyl (C=O) groups is 2. The van der Waals surface area contributed by atoms with Gasteiger partial charge in [0.25, 0.3) is 0 Å². The molecular weight excluding hydrogens is 176 g/mol. The first-order valence-electron chi connectivity index (χ1n) is 3.67. The van der Waals surface area contributed by atoms with Crippen molar-refractivity contribution in [2.45, 2.75) is 12.4 Å². The van der Waals surface area contributed by atoms with Crippen LogP contribution in [-0.4, -0.2) is 43.3 Å². The summed E-state index contributed by atoms with van der Waals surface area (Å²) in [4.78, 5) is 20.5. The van der Waals surface area contributed by atoms with Crippen molar-refractivity contribution in [1.82, 2.24) is 0 Å². The van der Waals surface area contributed by atoms with E-state index in [4.69, 9.17) is 14.6 Å². The minimum absolute atomic E-state index is 0.139. The number of hydrogen-bond donors (Lipinski definition) is 1. The van der Waals surface area contributed by atoms with Crippen LogP contribution in [0.3, 0.4) is 0 Å². The molecule has 0 aromatic heterocycles. The van der Waals surface area contributed by atoms with Crippen LogP contribution in [0.25, 0.3) is 0 Å². The molecule has 0 spiro atoms. The van der Waals surface area contributed by atoms with E-state index >= 15 is 0 Å². The topological polar surface area (TPSA) is 72.8 Å². The Morgan fingerprint density at radius 1 is 1.38 bits per heavy atom. The van der Waals surface area contributed by atoms with Crippen LogP contribution in [0.1, 0.15) is 0 Å². The van der Waals surface area contributed by atoms with E-state index in [1.54, 1.807) is 0 Å². The van der Waals surface area contributed by atoms with E-state index in [-0.39, 0.29) is 6.61 Å². The number of aldehydes is 2. The van der Waals surface area contributed by atoms with Gasteiger partial charge < -0.3 is 19.4 Å². The zero-order valence-electron chi connectivity index (χ0n) is 7.09. The highest BCUT2D eigenvalue weighted by Gasteiger charge is 2.14. The van der Waals surface area contributed by atoms with Gasteiger partial charge in [0.2, 0.25) is 6.29 Å². The Balaban J connectivity index is 3.86. The molecule has 0 amide bonds. The molecule has 1 N–H and O–H groups in total. The molecule has 0 fully saturated rings. The molecule has 74 valence electrons. The highest BCUT2D eigenvalue weighted by atomic mass is 16.7. The fraction of sp³-hybridized carbons (Fsp3) is 0.500. The Labute approximate surface area is 75.9 Å². The maximum Gasteiger partial charge on any atom is 0.215 e. The SMILES string of the molecule is C=CCO[C@H](C=O)O[C@@H](C=O)CO. The van der Waals surface area contributed by atoms with E-state index in [0.29, 0.717) is 12.6 Å². The van der Waals surface area contributed by atoms with Gasteiger partial charge in [-0.05, 0) is 0 Å². The molecule has 0 aliphatic rings. The summed E-state index contributed by atoms with van der Waals surface area (Å²) in [6.45, 7) is 3.03. The Bertz CT molecular complexity index is 168. The molecule has 5 heteroatoms. The molecule has 0 bridgehead atoms. The van der Waals surface area contributed by atoms with Gasteiger partial charge in [-0.15, -0.1) is 6.58 Å². The van der Waals surface area contributed by atoms with Crippen molar-refractivity contribution < 1.29 is 24.2 Å². The highest BCUT2D eigenvalue weighted by molar-refractivity contribution is 5.58. The van der Waals surface area contributed by atoms with Gasteiger partial charge in [-0.3, -0.25) is 4.79 Å². The van der Waals surface area contributed by atoms with Crippen molar-refractivity contribution in [2.24, 2.45) is 0 Å². The summed E-state index contributed by atoms with van der Waals surface area (Å²) < 4.78 is 9.54. The standard InChI is InChI=1S/C8H12O5/c1-2-3-12-8(6-11)13-7(4-9)5-10/h2,4,6-8,10H,1,3,5H2/t7-,8-/m0/s1. The molecule has 0 aliphatic carbocycles. The first-order valence-corrected chi connectivity index (χ1v) is 3.67. The van der Waals surface area contributed by atoms with Crippen LogP contribution in [0.15, 0.2) is 12.7 Å². The second-order valence-electron chi connectivity index (χ2n) is 2.12. The minimum atomic E-state index is -1.14. The Kier molecular flexibility index (Phi) is 6.99. The molecule has 0 rings (SSSR count). The molecular formula is C8H12O5. The monoisotopic (exact) mass is 188 g/mol. The highest BCUT2D eigenvalue weighted by Crippen LogP contribution is 1.96. The van der Waals surface area contributed by atoms with E-state index in [0.717, 1.165) is 0 Å². The van der Waals surface area contributed by atoms with Gasteiger partial charge in [0, 0.05) is 0 Å². The van der Waals surface area contributed by atoms with E-state index in [1.807, 2.05) is 0 Å². The number of rotatable bonds is 8. The molecule has 0 aliphatic heterocycles. The molecule has 0 unspecified atom stereocenters. The number of carbonyl (C=O) groups excluding carboxylic acids is 2. The maximum atomic E-state index is 10.3. The summed E-state index contributed by atoms with van der Waals surface area (Å²) >= 11 is 0. The molecule has 0 heterocycles. The lowest BCUT2D eigenvalue weighted by Crippen LogP contribution is -2.29. The first kappa shape index (κ1) is 12.0. The molecule has 0 saturated heterocycles. The number of aliphatic hydroxyl groups excluding tert-OH is 1.